The van der Waals surface area contributed by atoms with Crippen LogP contribution >= 0.6 is 0 Å². The van der Waals surface area contributed by atoms with Crippen molar-refractivity contribution in [3.63, 3.8) is 0 Å². The summed E-state index contributed by atoms with van der Waals surface area (Å²) < 4.78 is 23.8. The maximum atomic E-state index is 8.64. The Morgan fingerprint density at radius 3 is 2.12 bits per heavy atom. The van der Waals surface area contributed by atoms with Gasteiger partial charge in [0, 0.05) is 24.6 Å². The van der Waals surface area contributed by atoms with Gasteiger partial charge in [-0.2, -0.15) is 4.57 Å². The third-order valence-electron chi connectivity index (χ3n) is 13.1. The van der Waals surface area contributed by atoms with E-state index in [-0.39, 0.29) is 0 Å². The van der Waals surface area contributed by atoms with Crippen molar-refractivity contribution in [3.05, 3.63) is 192 Å². The number of hydrogen-bond acceptors (Lipinski definition) is 1. The Labute approximate surface area is 352 Å². The monoisotopic (exact) mass is 776 g/mol. The lowest BCUT2D eigenvalue weighted by molar-refractivity contribution is -0.997. The van der Waals surface area contributed by atoms with Crippen LogP contribution < -0.4 is 13.9 Å². The molecule has 1 unspecified atom stereocenters. The van der Waals surface area contributed by atoms with Crippen molar-refractivity contribution in [2.24, 2.45) is 0 Å². The van der Waals surface area contributed by atoms with E-state index < -0.39 is 11.7 Å². The summed E-state index contributed by atoms with van der Waals surface area (Å²) in [5, 5.41) is 0. The van der Waals surface area contributed by atoms with Crippen LogP contribution in [0.25, 0.3) is 83.9 Å². The summed E-state index contributed by atoms with van der Waals surface area (Å²) in [6.45, 7) is 10.5. The number of rotatable bonds is 6. The maximum Gasteiger partial charge on any atom is 0.499 e. The van der Waals surface area contributed by atoms with Crippen molar-refractivity contribution in [2.45, 2.75) is 52.8 Å². The van der Waals surface area contributed by atoms with E-state index in [2.05, 4.69) is 198 Å². The summed E-state index contributed by atoms with van der Waals surface area (Å²) in [7, 11) is 0. The molecule has 288 valence electrons. The van der Waals surface area contributed by atoms with Crippen LogP contribution in [0.5, 0.6) is 5.75 Å². The predicted molar refractivity (Wildman–Crippen MR) is 242 cm³/mol. The first kappa shape index (κ1) is 33.9. The van der Waals surface area contributed by atoms with Gasteiger partial charge < -0.3 is 4.74 Å². The van der Waals surface area contributed by atoms with Crippen LogP contribution in [0.15, 0.2) is 164 Å². The highest BCUT2D eigenvalue weighted by molar-refractivity contribution is 5.99. The molecule has 4 heteroatoms. The normalized spacial score (nSPS) is 15.6. The van der Waals surface area contributed by atoms with Gasteiger partial charge in [-0.1, -0.05) is 118 Å². The highest BCUT2D eigenvalue weighted by atomic mass is 16.5. The molecule has 2 aromatic heterocycles. The van der Waals surface area contributed by atoms with E-state index in [9.17, 15) is 0 Å². The van der Waals surface area contributed by atoms with Gasteiger partial charge in [0.2, 0.25) is 5.69 Å². The number of fused-ring (bicyclic) bond motifs is 5. The van der Waals surface area contributed by atoms with Gasteiger partial charge in [-0.3, -0.25) is 0 Å². The van der Waals surface area contributed by atoms with Crippen LogP contribution in [0, 0.1) is 13.8 Å². The van der Waals surface area contributed by atoms with Gasteiger partial charge in [0.25, 0.3) is 0 Å². The van der Waals surface area contributed by atoms with Gasteiger partial charge in [-0.25, -0.2) is 0 Å². The number of imidazole rings is 1. The standard InChI is InChI=1S/C56H45N3O/c1-6-37-30-44(24-25-45(37)41-16-11-8-12-17-41)58-50-19-13-18-46-47-31-43(39-14-9-7-10-15-39)32-48-51-33-42(40-22-20-38(21-23-40)34(2)3)26-27-57(51)56(52(47)48)59(53(46)50)55(58)49-29-35(4)28-36(5)54(49)60-56/h7-34H,6H2,1-5H3/q+2/i34D. The Morgan fingerprint density at radius 2 is 1.37 bits per heavy atom. The summed E-state index contributed by atoms with van der Waals surface area (Å²) in [5.41, 5.74) is 22.0. The molecule has 5 heterocycles. The number of aromatic nitrogens is 3. The number of nitrogens with zero attached hydrogens (tertiary/aromatic N) is 3. The van der Waals surface area contributed by atoms with Crippen molar-refractivity contribution in [2.75, 3.05) is 0 Å². The second-order valence-electron chi connectivity index (χ2n) is 17.0. The Bertz CT molecular complexity index is 3300. The average molecular weight is 777 g/mol. The van der Waals surface area contributed by atoms with E-state index >= 15 is 0 Å². The van der Waals surface area contributed by atoms with Crippen molar-refractivity contribution >= 4 is 11.0 Å². The Morgan fingerprint density at radius 1 is 0.633 bits per heavy atom. The molecular formula is C56H45N3O+2. The minimum absolute atomic E-state index is 0.671. The minimum atomic E-state index is -1.05. The van der Waals surface area contributed by atoms with Crippen molar-refractivity contribution in [1.29, 1.82) is 0 Å². The zero-order valence-electron chi connectivity index (χ0n) is 35.5. The third-order valence-corrected chi connectivity index (χ3v) is 13.1. The van der Waals surface area contributed by atoms with E-state index in [1.165, 1.54) is 44.5 Å². The molecule has 0 aliphatic carbocycles. The first-order valence-corrected chi connectivity index (χ1v) is 21.1. The highest BCUT2D eigenvalue weighted by Crippen LogP contribution is 2.55. The summed E-state index contributed by atoms with van der Waals surface area (Å²) in [4.78, 5) is 0. The average Bonchev–Trinajstić information content (AvgIpc) is 3.78. The number of benzene rings is 7. The highest BCUT2D eigenvalue weighted by Gasteiger charge is 2.68. The van der Waals surface area contributed by atoms with Crippen molar-refractivity contribution < 1.29 is 15.2 Å². The zero-order valence-corrected chi connectivity index (χ0v) is 34.5. The quantitative estimate of drug-likeness (QED) is 0.154. The molecule has 3 aliphatic heterocycles. The zero-order chi connectivity index (χ0) is 41.4. The van der Waals surface area contributed by atoms with Crippen LogP contribution in [0.2, 0.25) is 0 Å². The topological polar surface area (TPSA) is 21.9 Å². The Kier molecular flexibility index (Phi) is 7.19. The fraction of sp³-hybridized carbons (Fsp3) is 0.143. The van der Waals surface area contributed by atoms with Crippen LogP contribution in [0.4, 0.5) is 0 Å². The molecule has 0 fully saturated rings. The van der Waals surface area contributed by atoms with Crippen LogP contribution in [-0.2, 0) is 12.3 Å². The molecule has 1 spiro atoms. The number of pyridine rings is 1. The summed E-state index contributed by atoms with van der Waals surface area (Å²) in [5.74, 6) is 0.282. The van der Waals surface area contributed by atoms with E-state index in [1.54, 1.807) is 0 Å². The van der Waals surface area contributed by atoms with Gasteiger partial charge in [-0.05, 0) is 130 Å². The fourth-order valence-electron chi connectivity index (χ4n) is 10.4. The molecule has 9 aromatic rings. The third kappa shape index (κ3) is 4.73. The lowest BCUT2D eigenvalue weighted by Gasteiger charge is -2.33. The van der Waals surface area contributed by atoms with Crippen LogP contribution in [0.1, 0.15) is 55.9 Å². The molecule has 7 aromatic carbocycles. The number of hydrogen-bond donors (Lipinski definition) is 0. The maximum absolute atomic E-state index is 8.64. The lowest BCUT2D eigenvalue weighted by atomic mass is 9.85. The minimum Gasteiger partial charge on any atom is -0.392 e. The second kappa shape index (κ2) is 12.7. The molecule has 0 amide bonds. The SMILES string of the molecule is [2H]C(C)(C)c1ccc(-c2cc[n+]3c(c2)-c2cc(-c4ccccc4)cc4c2C32Oc3c(C)cc(C)cc3-c3n(-c5ccc(-c6ccccc6)c(CC)c5)c5cccc-4c5[n+]32)cc1. The van der Waals surface area contributed by atoms with Gasteiger partial charge in [0.1, 0.15) is 16.8 Å². The van der Waals surface area contributed by atoms with E-state index in [4.69, 9.17) is 6.11 Å². The van der Waals surface area contributed by atoms with Crippen LogP contribution in [0.3, 0.4) is 0 Å². The van der Waals surface area contributed by atoms with E-state index in [1.807, 2.05) is 13.8 Å². The molecule has 0 radical (unpaired) electrons. The molecule has 12 rings (SSSR count). The molecule has 1 atom stereocenters. The second-order valence-corrected chi connectivity index (χ2v) is 17.0. The van der Waals surface area contributed by atoms with E-state index in [0.29, 0.717) is 0 Å². The molecule has 60 heavy (non-hydrogen) atoms. The molecule has 0 bridgehead atoms. The van der Waals surface area contributed by atoms with E-state index in [0.717, 1.165) is 79.4 Å². The predicted octanol–water partition coefficient (Wildman–Crippen LogP) is 12.7. The van der Waals surface area contributed by atoms with Crippen molar-refractivity contribution in [3.8, 4) is 78.6 Å². The number of aryl methyl sites for hydroxylation is 3. The smallest absolute Gasteiger partial charge is 0.392 e. The fourth-order valence-corrected chi connectivity index (χ4v) is 10.4. The molecular weight excluding hydrogens is 731 g/mol. The molecule has 3 aliphatic rings. The van der Waals surface area contributed by atoms with Gasteiger partial charge in [0.05, 0.1) is 5.56 Å². The van der Waals surface area contributed by atoms with Gasteiger partial charge in [0.15, 0.2) is 23.0 Å². The van der Waals surface area contributed by atoms with Crippen LogP contribution in [-0.4, -0.2) is 4.57 Å². The molecule has 4 nitrogen and oxygen atoms in total. The Balaban J connectivity index is 1.20. The van der Waals surface area contributed by atoms with Crippen molar-refractivity contribution in [1.82, 2.24) is 4.57 Å². The van der Waals surface area contributed by atoms with Gasteiger partial charge >= 0.3 is 11.7 Å². The molecule has 0 saturated carbocycles. The Hall–Kier alpha value is -7.04. The number of para-hydroxylation sites is 1. The lowest BCUT2D eigenvalue weighted by Crippen LogP contribution is -2.78. The molecule has 0 N–H and O–H groups in total. The molecule has 0 saturated heterocycles. The largest absolute Gasteiger partial charge is 0.499 e. The first-order chi connectivity index (χ1) is 29.6. The van der Waals surface area contributed by atoms with Gasteiger partial charge in [-0.15, -0.1) is 9.13 Å². The first-order valence-electron chi connectivity index (χ1n) is 21.6. The number of ether oxygens (including phenoxy) is 1. The summed E-state index contributed by atoms with van der Waals surface area (Å²) >= 11 is 0. The summed E-state index contributed by atoms with van der Waals surface area (Å²) in [6.07, 6.45) is 3.15. The summed E-state index contributed by atoms with van der Waals surface area (Å²) in [6, 6.07) is 57.7.